The molecule has 2 aromatic carbocycles. The van der Waals surface area contributed by atoms with Gasteiger partial charge in [-0.1, -0.05) is 24.3 Å². The van der Waals surface area contributed by atoms with E-state index in [0.29, 0.717) is 24.5 Å². The van der Waals surface area contributed by atoms with Crippen LogP contribution in [0.5, 0.6) is 11.5 Å². The summed E-state index contributed by atoms with van der Waals surface area (Å²) in [5.74, 6) is 1.59. The van der Waals surface area contributed by atoms with Gasteiger partial charge in [0.25, 0.3) is 0 Å². The third-order valence-electron chi connectivity index (χ3n) is 4.09. The fourth-order valence-electron chi connectivity index (χ4n) is 2.85. The molecule has 126 valence electrons. The summed E-state index contributed by atoms with van der Waals surface area (Å²) in [6.45, 7) is 0.587. The monoisotopic (exact) mass is 343 g/mol. The highest BCUT2D eigenvalue weighted by Crippen LogP contribution is 2.35. The number of nitrogens with zero attached hydrogens (tertiary/aromatic N) is 1. The maximum atomic E-state index is 12.3. The first-order chi connectivity index (χ1) is 11.7. The first kappa shape index (κ1) is 16.7. The van der Waals surface area contributed by atoms with Crippen molar-refractivity contribution in [1.29, 1.82) is 0 Å². The van der Waals surface area contributed by atoms with Crippen LogP contribution in [-0.2, 0) is 11.3 Å². The number of thioether (sulfide) groups is 1. The second kappa shape index (κ2) is 7.62. The molecule has 1 heterocycles. The molecule has 0 radical (unpaired) electrons. The van der Waals surface area contributed by atoms with E-state index >= 15 is 0 Å². The zero-order chi connectivity index (χ0) is 16.9. The second-order valence-electron chi connectivity index (χ2n) is 5.64. The number of hydrogen-bond acceptors (Lipinski definition) is 4. The third kappa shape index (κ3) is 3.67. The fraction of sp³-hybridized carbons (Fsp3) is 0.316. The molecule has 0 aromatic heterocycles. The molecule has 24 heavy (non-hydrogen) atoms. The normalized spacial score (nSPS) is 17.2. The van der Waals surface area contributed by atoms with Crippen LogP contribution in [0.3, 0.4) is 0 Å². The Bertz CT molecular complexity index is 705. The molecule has 1 saturated heterocycles. The first-order valence-corrected chi connectivity index (χ1v) is 8.81. The average molecular weight is 343 g/mol. The van der Waals surface area contributed by atoms with Crippen LogP contribution in [0.2, 0.25) is 0 Å². The van der Waals surface area contributed by atoms with Crippen LogP contribution in [-0.4, -0.2) is 30.4 Å². The maximum absolute atomic E-state index is 12.3. The molecule has 2 aromatic rings. The van der Waals surface area contributed by atoms with Crippen LogP contribution in [0, 0.1) is 0 Å². The summed E-state index contributed by atoms with van der Waals surface area (Å²) in [4.78, 5) is 15.5. The molecule has 3 rings (SSSR count). The molecule has 5 heteroatoms. The lowest BCUT2D eigenvalue weighted by molar-refractivity contribution is -0.128. The third-order valence-corrected chi connectivity index (χ3v) is 5.40. The van der Waals surface area contributed by atoms with Crippen molar-refractivity contribution in [1.82, 2.24) is 4.90 Å². The Balaban J connectivity index is 1.75. The average Bonchev–Trinajstić information content (AvgIpc) is 2.96. The number of benzene rings is 2. The fourth-order valence-corrected chi connectivity index (χ4v) is 4.03. The van der Waals surface area contributed by atoms with Gasteiger partial charge in [-0.15, -0.1) is 11.8 Å². The van der Waals surface area contributed by atoms with E-state index in [1.807, 2.05) is 41.3 Å². The minimum absolute atomic E-state index is 0.174. The van der Waals surface area contributed by atoms with Crippen LogP contribution in [0.4, 0.5) is 0 Å². The minimum atomic E-state index is 0.174. The molecule has 0 bridgehead atoms. The van der Waals surface area contributed by atoms with Crippen LogP contribution in [0.1, 0.15) is 18.4 Å². The zero-order valence-corrected chi connectivity index (χ0v) is 14.7. The SMILES string of the molecule is COc1ccc(CN2C(=O)CC[C@@H]2Sc2ccccc2)cc1OC. The van der Waals surface area contributed by atoms with Gasteiger partial charge in [0.1, 0.15) is 0 Å². The number of rotatable bonds is 6. The lowest BCUT2D eigenvalue weighted by atomic mass is 10.2. The maximum Gasteiger partial charge on any atom is 0.223 e. The van der Waals surface area contributed by atoms with Gasteiger partial charge in [-0.2, -0.15) is 0 Å². The molecule has 4 nitrogen and oxygen atoms in total. The number of carbonyl (C=O) groups is 1. The van der Waals surface area contributed by atoms with Gasteiger partial charge in [-0.05, 0) is 36.2 Å². The Kier molecular flexibility index (Phi) is 5.30. The van der Waals surface area contributed by atoms with Gasteiger partial charge >= 0.3 is 0 Å². The van der Waals surface area contributed by atoms with Crippen molar-refractivity contribution < 1.29 is 14.3 Å². The number of carbonyl (C=O) groups excluding carboxylic acids is 1. The second-order valence-corrected chi connectivity index (χ2v) is 6.89. The van der Waals surface area contributed by atoms with Crippen LogP contribution >= 0.6 is 11.8 Å². The molecule has 0 aliphatic carbocycles. The lowest BCUT2D eigenvalue weighted by Crippen LogP contribution is -2.30. The van der Waals surface area contributed by atoms with Crippen molar-refractivity contribution >= 4 is 17.7 Å². The van der Waals surface area contributed by atoms with E-state index in [0.717, 1.165) is 12.0 Å². The highest BCUT2D eigenvalue weighted by atomic mass is 32.2. The Hall–Kier alpha value is -2.14. The first-order valence-electron chi connectivity index (χ1n) is 7.93. The van der Waals surface area contributed by atoms with Crippen molar-refractivity contribution in [3.8, 4) is 11.5 Å². The van der Waals surface area contributed by atoms with Gasteiger partial charge in [0, 0.05) is 17.9 Å². The molecular weight excluding hydrogens is 322 g/mol. The van der Waals surface area contributed by atoms with Gasteiger partial charge in [0.05, 0.1) is 19.6 Å². The van der Waals surface area contributed by atoms with E-state index in [1.165, 1.54) is 4.90 Å². The molecule has 0 spiro atoms. The molecule has 1 atom stereocenters. The Morgan fingerprint density at radius 3 is 2.54 bits per heavy atom. The molecule has 0 saturated carbocycles. The largest absolute Gasteiger partial charge is 0.493 e. The van der Waals surface area contributed by atoms with Crippen LogP contribution < -0.4 is 9.47 Å². The predicted molar refractivity (Wildman–Crippen MR) is 95.4 cm³/mol. The smallest absolute Gasteiger partial charge is 0.223 e. The highest BCUT2D eigenvalue weighted by Gasteiger charge is 2.31. The van der Waals surface area contributed by atoms with Gasteiger partial charge in [-0.25, -0.2) is 0 Å². The van der Waals surface area contributed by atoms with E-state index in [2.05, 4.69) is 12.1 Å². The van der Waals surface area contributed by atoms with E-state index < -0.39 is 0 Å². The number of amides is 1. The molecule has 0 N–H and O–H groups in total. The summed E-state index contributed by atoms with van der Waals surface area (Å²) in [6, 6.07) is 16.0. The van der Waals surface area contributed by atoms with Gasteiger partial charge in [0.2, 0.25) is 5.91 Å². The number of likely N-dealkylation sites (tertiary alicyclic amines) is 1. The van der Waals surface area contributed by atoms with Crippen molar-refractivity contribution in [3.63, 3.8) is 0 Å². The van der Waals surface area contributed by atoms with E-state index in [1.54, 1.807) is 26.0 Å². The highest BCUT2D eigenvalue weighted by molar-refractivity contribution is 8.00. The Labute approximate surface area is 146 Å². The quantitative estimate of drug-likeness (QED) is 0.796. The minimum Gasteiger partial charge on any atom is -0.493 e. The number of hydrogen-bond donors (Lipinski definition) is 0. The zero-order valence-electron chi connectivity index (χ0n) is 13.9. The van der Waals surface area contributed by atoms with Crippen molar-refractivity contribution in [2.75, 3.05) is 14.2 Å². The number of methoxy groups -OCH3 is 2. The summed E-state index contributed by atoms with van der Waals surface area (Å²) in [7, 11) is 3.24. The number of ether oxygens (including phenoxy) is 2. The van der Waals surface area contributed by atoms with Gasteiger partial charge < -0.3 is 14.4 Å². The van der Waals surface area contributed by atoms with Crippen molar-refractivity contribution in [3.05, 3.63) is 54.1 Å². The van der Waals surface area contributed by atoms with Crippen molar-refractivity contribution in [2.45, 2.75) is 29.7 Å². The molecule has 0 unspecified atom stereocenters. The predicted octanol–water partition coefficient (Wildman–Crippen LogP) is 3.94. The van der Waals surface area contributed by atoms with E-state index in [-0.39, 0.29) is 11.3 Å². The Morgan fingerprint density at radius 1 is 1.08 bits per heavy atom. The van der Waals surface area contributed by atoms with E-state index in [4.69, 9.17) is 9.47 Å². The molecular formula is C19H21NO3S. The summed E-state index contributed by atoms with van der Waals surface area (Å²) < 4.78 is 10.6. The van der Waals surface area contributed by atoms with Gasteiger partial charge in [0.15, 0.2) is 11.5 Å². The topological polar surface area (TPSA) is 38.8 Å². The summed E-state index contributed by atoms with van der Waals surface area (Å²) in [6.07, 6.45) is 1.49. The van der Waals surface area contributed by atoms with Crippen LogP contribution in [0.15, 0.2) is 53.4 Å². The van der Waals surface area contributed by atoms with E-state index in [9.17, 15) is 4.79 Å². The van der Waals surface area contributed by atoms with Crippen LogP contribution in [0.25, 0.3) is 0 Å². The Morgan fingerprint density at radius 2 is 1.83 bits per heavy atom. The molecule has 1 amide bonds. The molecule has 1 fully saturated rings. The molecule has 1 aliphatic rings. The standard InChI is InChI=1S/C19H21NO3S/c1-22-16-9-8-14(12-17(16)23-2)13-20-18(21)10-11-19(20)24-15-6-4-3-5-7-15/h3-9,12,19H,10-11,13H2,1-2H3/t19-/m0/s1. The summed E-state index contributed by atoms with van der Waals surface area (Å²) in [5.41, 5.74) is 1.04. The van der Waals surface area contributed by atoms with Crippen molar-refractivity contribution in [2.24, 2.45) is 0 Å². The van der Waals surface area contributed by atoms with Gasteiger partial charge in [-0.3, -0.25) is 4.79 Å². The summed E-state index contributed by atoms with van der Waals surface area (Å²) >= 11 is 1.75. The summed E-state index contributed by atoms with van der Waals surface area (Å²) in [5, 5.41) is 0.174. The lowest BCUT2D eigenvalue weighted by Gasteiger charge is -2.25. The molecule has 1 aliphatic heterocycles.